The summed E-state index contributed by atoms with van der Waals surface area (Å²) in [7, 11) is 0. The first-order chi connectivity index (χ1) is 7.78. The fourth-order valence-electron chi connectivity index (χ4n) is 3.82. The molecule has 0 aromatic carbocycles. The number of nitrogens with one attached hydrogen (secondary N) is 2. The Bertz CT molecular complexity index is 284. The number of hydrogen-bond donors (Lipinski definition) is 2. The summed E-state index contributed by atoms with van der Waals surface area (Å²) in [4.78, 5) is 11.2. The highest BCUT2D eigenvalue weighted by Crippen LogP contribution is 2.51. The summed E-state index contributed by atoms with van der Waals surface area (Å²) in [5.74, 6) is 0.217. The van der Waals surface area contributed by atoms with E-state index in [2.05, 4.69) is 10.6 Å². The molecule has 0 aromatic rings. The molecule has 2 saturated carbocycles. The second-order valence-electron chi connectivity index (χ2n) is 5.89. The smallest absolute Gasteiger partial charge is 0.221 e. The summed E-state index contributed by atoms with van der Waals surface area (Å²) >= 11 is 0. The Morgan fingerprint density at radius 2 is 2.00 bits per heavy atom. The molecule has 2 unspecified atom stereocenters. The third-order valence-corrected chi connectivity index (χ3v) is 4.93. The molecule has 1 amide bonds. The maximum absolute atomic E-state index is 11.2. The van der Waals surface area contributed by atoms with Crippen molar-refractivity contribution in [1.29, 1.82) is 0 Å². The van der Waals surface area contributed by atoms with E-state index in [0.29, 0.717) is 23.9 Å². The van der Waals surface area contributed by atoms with Gasteiger partial charge in [-0.1, -0.05) is 19.3 Å². The van der Waals surface area contributed by atoms with E-state index in [1.807, 2.05) is 0 Å². The van der Waals surface area contributed by atoms with E-state index in [4.69, 9.17) is 0 Å². The molecule has 16 heavy (non-hydrogen) atoms. The fraction of sp³-hybridized carbons (Fsp3) is 0.923. The molecular weight excluding hydrogens is 200 g/mol. The van der Waals surface area contributed by atoms with Gasteiger partial charge in [0.2, 0.25) is 5.91 Å². The second kappa shape index (κ2) is 4.02. The van der Waals surface area contributed by atoms with Crippen molar-refractivity contribution in [1.82, 2.24) is 10.6 Å². The van der Waals surface area contributed by atoms with Crippen molar-refractivity contribution in [2.75, 3.05) is 6.54 Å². The molecule has 2 atom stereocenters. The number of carbonyl (C=O) groups excluding carboxylic acids is 1. The monoisotopic (exact) mass is 222 g/mol. The zero-order valence-corrected chi connectivity index (χ0v) is 9.93. The van der Waals surface area contributed by atoms with Crippen LogP contribution in [0.25, 0.3) is 0 Å². The highest BCUT2D eigenvalue weighted by Gasteiger charge is 2.47. The highest BCUT2D eigenvalue weighted by atomic mass is 16.1. The van der Waals surface area contributed by atoms with Gasteiger partial charge in [-0.3, -0.25) is 4.79 Å². The zero-order valence-electron chi connectivity index (χ0n) is 9.93. The quantitative estimate of drug-likeness (QED) is 0.745. The molecule has 1 saturated heterocycles. The van der Waals surface area contributed by atoms with Crippen molar-refractivity contribution in [3.05, 3.63) is 0 Å². The fourth-order valence-corrected chi connectivity index (χ4v) is 3.82. The molecule has 3 fully saturated rings. The van der Waals surface area contributed by atoms with Gasteiger partial charge < -0.3 is 10.6 Å². The van der Waals surface area contributed by atoms with Gasteiger partial charge in [0.25, 0.3) is 0 Å². The minimum Gasteiger partial charge on any atom is -0.354 e. The normalized spacial score (nSPS) is 37.1. The van der Waals surface area contributed by atoms with Crippen LogP contribution < -0.4 is 10.6 Å². The first-order valence-corrected chi connectivity index (χ1v) is 6.81. The van der Waals surface area contributed by atoms with Crippen LogP contribution in [-0.2, 0) is 4.79 Å². The van der Waals surface area contributed by atoms with Crippen molar-refractivity contribution in [3.8, 4) is 0 Å². The molecule has 3 rings (SSSR count). The Labute approximate surface area is 97.4 Å². The molecule has 0 bridgehead atoms. The van der Waals surface area contributed by atoms with E-state index in [1.165, 1.54) is 44.9 Å². The van der Waals surface area contributed by atoms with Crippen LogP contribution in [0.4, 0.5) is 0 Å². The number of amides is 1. The predicted octanol–water partition coefficient (Wildman–Crippen LogP) is 1.58. The first-order valence-electron chi connectivity index (χ1n) is 6.81. The minimum absolute atomic E-state index is 0.217. The van der Waals surface area contributed by atoms with Crippen molar-refractivity contribution in [2.24, 2.45) is 5.41 Å². The van der Waals surface area contributed by atoms with E-state index >= 15 is 0 Å². The number of hydrogen-bond acceptors (Lipinski definition) is 2. The van der Waals surface area contributed by atoms with Crippen LogP contribution >= 0.6 is 0 Å². The van der Waals surface area contributed by atoms with Gasteiger partial charge in [0.1, 0.15) is 0 Å². The van der Waals surface area contributed by atoms with Crippen LogP contribution in [0.2, 0.25) is 0 Å². The average molecular weight is 222 g/mol. The molecule has 0 radical (unpaired) electrons. The molecule has 1 heterocycles. The van der Waals surface area contributed by atoms with Crippen molar-refractivity contribution >= 4 is 5.91 Å². The van der Waals surface area contributed by atoms with Crippen LogP contribution in [-0.4, -0.2) is 24.5 Å². The topological polar surface area (TPSA) is 41.1 Å². The maximum Gasteiger partial charge on any atom is 0.221 e. The lowest BCUT2D eigenvalue weighted by atomic mass is 9.57. The van der Waals surface area contributed by atoms with Gasteiger partial charge in [0.15, 0.2) is 0 Å². The largest absolute Gasteiger partial charge is 0.354 e. The van der Waals surface area contributed by atoms with E-state index < -0.39 is 0 Å². The lowest BCUT2D eigenvalue weighted by Crippen LogP contribution is -2.57. The molecule has 1 aliphatic heterocycles. The van der Waals surface area contributed by atoms with Gasteiger partial charge in [-0.05, 0) is 31.1 Å². The molecule has 2 aliphatic carbocycles. The third-order valence-electron chi connectivity index (χ3n) is 4.93. The molecule has 3 aliphatic rings. The third kappa shape index (κ3) is 1.75. The van der Waals surface area contributed by atoms with Crippen LogP contribution in [0.1, 0.15) is 51.4 Å². The Balaban J connectivity index is 1.57. The SMILES string of the molecule is O=C1CC(NC2CCC23CCCCC3)CN1. The van der Waals surface area contributed by atoms with Gasteiger partial charge in [0.05, 0.1) is 0 Å². The summed E-state index contributed by atoms with van der Waals surface area (Å²) in [6.45, 7) is 0.839. The number of rotatable bonds is 2. The minimum atomic E-state index is 0.217. The van der Waals surface area contributed by atoms with Crippen LogP contribution in [0.5, 0.6) is 0 Å². The number of carbonyl (C=O) groups is 1. The lowest BCUT2D eigenvalue weighted by molar-refractivity contribution is -0.119. The Morgan fingerprint density at radius 3 is 2.56 bits per heavy atom. The Hall–Kier alpha value is -0.570. The first kappa shape index (κ1) is 10.6. The van der Waals surface area contributed by atoms with Crippen LogP contribution in [0.3, 0.4) is 0 Å². The molecule has 0 aromatic heterocycles. The van der Waals surface area contributed by atoms with Gasteiger partial charge in [-0.15, -0.1) is 0 Å². The summed E-state index contributed by atoms with van der Waals surface area (Å²) in [6, 6.07) is 1.10. The van der Waals surface area contributed by atoms with Crippen LogP contribution in [0.15, 0.2) is 0 Å². The van der Waals surface area contributed by atoms with E-state index in [1.54, 1.807) is 0 Å². The standard InChI is InChI=1S/C13H22N2O/c16-12-8-10(9-14-12)15-11-4-7-13(11)5-2-1-3-6-13/h10-11,15H,1-9H2,(H,14,16). The zero-order chi connectivity index (χ0) is 11.0. The molecule has 2 N–H and O–H groups in total. The summed E-state index contributed by atoms with van der Waals surface area (Å²) in [6.07, 6.45) is 10.5. The molecule has 3 heteroatoms. The van der Waals surface area contributed by atoms with Gasteiger partial charge in [0, 0.05) is 25.0 Å². The average Bonchev–Trinajstić information content (AvgIpc) is 2.72. The van der Waals surface area contributed by atoms with Gasteiger partial charge in [-0.25, -0.2) is 0 Å². The maximum atomic E-state index is 11.2. The molecular formula is C13H22N2O. The second-order valence-corrected chi connectivity index (χ2v) is 5.89. The Kier molecular flexibility index (Phi) is 2.66. The van der Waals surface area contributed by atoms with E-state index in [9.17, 15) is 4.79 Å². The Morgan fingerprint density at radius 1 is 1.19 bits per heavy atom. The summed E-state index contributed by atoms with van der Waals surface area (Å²) in [5.41, 5.74) is 0.615. The van der Waals surface area contributed by atoms with Crippen LogP contribution in [0, 0.1) is 5.41 Å². The van der Waals surface area contributed by atoms with Gasteiger partial charge in [-0.2, -0.15) is 0 Å². The summed E-state index contributed by atoms with van der Waals surface area (Å²) in [5, 5.41) is 6.64. The van der Waals surface area contributed by atoms with Crippen molar-refractivity contribution in [2.45, 2.75) is 63.5 Å². The van der Waals surface area contributed by atoms with E-state index in [-0.39, 0.29) is 5.91 Å². The van der Waals surface area contributed by atoms with E-state index in [0.717, 1.165) is 6.54 Å². The molecule has 90 valence electrons. The molecule has 3 nitrogen and oxygen atoms in total. The molecule has 1 spiro atoms. The lowest BCUT2D eigenvalue weighted by Gasteiger charge is -2.53. The predicted molar refractivity (Wildman–Crippen MR) is 63.1 cm³/mol. The highest BCUT2D eigenvalue weighted by molar-refractivity contribution is 5.78. The summed E-state index contributed by atoms with van der Waals surface area (Å²) < 4.78 is 0. The van der Waals surface area contributed by atoms with Crippen molar-refractivity contribution in [3.63, 3.8) is 0 Å². The van der Waals surface area contributed by atoms with Gasteiger partial charge >= 0.3 is 0 Å². The van der Waals surface area contributed by atoms with Crippen molar-refractivity contribution < 1.29 is 4.79 Å².